The van der Waals surface area contributed by atoms with Crippen molar-refractivity contribution in [3.05, 3.63) is 42.0 Å². The van der Waals surface area contributed by atoms with E-state index in [0.29, 0.717) is 22.8 Å². The van der Waals surface area contributed by atoms with Crippen LogP contribution in [0.4, 0.5) is 11.4 Å². The summed E-state index contributed by atoms with van der Waals surface area (Å²) in [6.07, 6.45) is 0. The second kappa shape index (κ2) is 8.84. The maximum atomic E-state index is 12.7. The summed E-state index contributed by atoms with van der Waals surface area (Å²) in [7, 11) is 6.72. The van der Waals surface area contributed by atoms with Crippen molar-refractivity contribution in [3.8, 4) is 17.2 Å². The molecule has 0 saturated carbocycles. The molecule has 0 unspecified atom stereocenters. The molecule has 150 valence electrons. The summed E-state index contributed by atoms with van der Waals surface area (Å²) < 4.78 is 15.9. The Morgan fingerprint density at radius 3 is 1.96 bits per heavy atom. The molecule has 0 atom stereocenters. The molecule has 1 aliphatic heterocycles. The number of nitrogens with one attached hydrogen (secondary N) is 1. The fourth-order valence-electron chi connectivity index (χ4n) is 3.24. The summed E-state index contributed by atoms with van der Waals surface area (Å²) in [5.74, 6) is 1.10. The molecule has 1 N–H and O–H groups in total. The molecule has 28 heavy (non-hydrogen) atoms. The van der Waals surface area contributed by atoms with E-state index < -0.39 is 0 Å². The van der Waals surface area contributed by atoms with Gasteiger partial charge in [-0.05, 0) is 43.4 Å². The van der Waals surface area contributed by atoms with Gasteiger partial charge in [0.1, 0.15) is 0 Å². The number of hydrogen-bond acceptors (Lipinski definition) is 6. The van der Waals surface area contributed by atoms with Crippen molar-refractivity contribution in [2.45, 2.75) is 0 Å². The van der Waals surface area contributed by atoms with E-state index in [4.69, 9.17) is 14.2 Å². The smallest absolute Gasteiger partial charge is 0.255 e. The van der Waals surface area contributed by atoms with E-state index in [1.807, 2.05) is 24.3 Å². The van der Waals surface area contributed by atoms with Gasteiger partial charge in [-0.2, -0.15) is 0 Å². The zero-order valence-corrected chi connectivity index (χ0v) is 16.8. The third kappa shape index (κ3) is 4.31. The number of benzene rings is 2. The van der Waals surface area contributed by atoms with Gasteiger partial charge in [0.25, 0.3) is 5.91 Å². The number of ether oxygens (including phenoxy) is 3. The van der Waals surface area contributed by atoms with Crippen molar-refractivity contribution in [1.29, 1.82) is 0 Å². The molecule has 1 heterocycles. The average molecular weight is 385 g/mol. The van der Waals surface area contributed by atoms with Gasteiger partial charge in [-0.3, -0.25) is 4.79 Å². The van der Waals surface area contributed by atoms with Crippen molar-refractivity contribution >= 4 is 17.3 Å². The third-order valence-electron chi connectivity index (χ3n) is 4.92. The first-order valence-corrected chi connectivity index (χ1v) is 9.20. The van der Waals surface area contributed by atoms with Crippen LogP contribution in [0.3, 0.4) is 0 Å². The second-order valence-corrected chi connectivity index (χ2v) is 6.71. The van der Waals surface area contributed by atoms with E-state index in [-0.39, 0.29) is 5.91 Å². The molecule has 2 aromatic carbocycles. The molecular formula is C21H27N3O4. The number of likely N-dealkylation sites (N-methyl/N-ethyl adjacent to an activating group) is 1. The van der Waals surface area contributed by atoms with Crippen LogP contribution in [0.25, 0.3) is 0 Å². The summed E-state index contributed by atoms with van der Waals surface area (Å²) in [5.41, 5.74) is 2.33. The Morgan fingerprint density at radius 2 is 1.46 bits per heavy atom. The summed E-state index contributed by atoms with van der Waals surface area (Å²) in [6.45, 7) is 4.13. The zero-order chi connectivity index (χ0) is 20.1. The zero-order valence-electron chi connectivity index (χ0n) is 16.8. The fraction of sp³-hybridized carbons (Fsp3) is 0.381. The van der Waals surface area contributed by atoms with E-state index in [1.54, 1.807) is 12.1 Å². The van der Waals surface area contributed by atoms with Crippen LogP contribution >= 0.6 is 0 Å². The second-order valence-electron chi connectivity index (χ2n) is 6.71. The number of amides is 1. The molecule has 0 aliphatic carbocycles. The normalized spacial score (nSPS) is 14.5. The van der Waals surface area contributed by atoms with E-state index in [0.717, 1.165) is 31.9 Å². The van der Waals surface area contributed by atoms with E-state index >= 15 is 0 Å². The van der Waals surface area contributed by atoms with Gasteiger partial charge in [0.2, 0.25) is 5.75 Å². The number of piperazine rings is 1. The molecular weight excluding hydrogens is 358 g/mol. The molecule has 2 aromatic rings. The average Bonchev–Trinajstić information content (AvgIpc) is 2.73. The molecule has 7 nitrogen and oxygen atoms in total. The maximum Gasteiger partial charge on any atom is 0.255 e. The predicted molar refractivity (Wildman–Crippen MR) is 110 cm³/mol. The van der Waals surface area contributed by atoms with Gasteiger partial charge in [-0.25, -0.2) is 0 Å². The lowest BCUT2D eigenvalue weighted by Gasteiger charge is -2.34. The number of methoxy groups -OCH3 is 3. The standard InChI is InChI=1S/C21H27N3O4/c1-23-9-11-24(12-10-23)17-7-5-16(6-8-17)22-21(25)15-13-18(26-2)20(28-4)19(14-15)27-3/h5-8,13-14H,9-12H2,1-4H3,(H,22,25). The van der Waals surface area contributed by atoms with E-state index in [9.17, 15) is 4.79 Å². The highest BCUT2D eigenvalue weighted by molar-refractivity contribution is 6.05. The summed E-state index contributed by atoms with van der Waals surface area (Å²) in [4.78, 5) is 17.4. The molecule has 0 aromatic heterocycles. The summed E-state index contributed by atoms with van der Waals surface area (Å²) >= 11 is 0. The van der Waals surface area contributed by atoms with Gasteiger partial charge in [0.05, 0.1) is 21.3 Å². The van der Waals surface area contributed by atoms with Crippen LogP contribution < -0.4 is 24.4 Å². The Kier molecular flexibility index (Phi) is 6.26. The molecule has 7 heteroatoms. The molecule has 1 fully saturated rings. The largest absolute Gasteiger partial charge is 0.493 e. The Hall–Kier alpha value is -2.93. The van der Waals surface area contributed by atoms with Crippen molar-refractivity contribution in [1.82, 2.24) is 4.90 Å². The van der Waals surface area contributed by atoms with Crippen molar-refractivity contribution in [3.63, 3.8) is 0 Å². The Morgan fingerprint density at radius 1 is 0.893 bits per heavy atom. The minimum absolute atomic E-state index is 0.244. The number of carbonyl (C=O) groups is 1. The Bertz CT molecular complexity index is 790. The van der Waals surface area contributed by atoms with Crippen LogP contribution in [-0.4, -0.2) is 65.4 Å². The minimum Gasteiger partial charge on any atom is -0.493 e. The highest BCUT2D eigenvalue weighted by Crippen LogP contribution is 2.38. The lowest BCUT2D eigenvalue weighted by Crippen LogP contribution is -2.44. The molecule has 0 spiro atoms. The quantitative estimate of drug-likeness (QED) is 0.825. The number of hydrogen-bond donors (Lipinski definition) is 1. The van der Waals surface area contributed by atoms with Crippen molar-refractivity contribution < 1.29 is 19.0 Å². The van der Waals surface area contributed by atoms with Crippen LogP contribution in [0.2, 0.25) is 0 Å². The fourth-order valence-corrected chi connectivity index (χ4v) is 3.24. The molecule has 1 aliphatic rings. The van der Waals surface area contributed by atoms with Crippen LogP contribution in [0.5, 0.6) is 17.2 Å². The maximum absolute atomic E-state index is 12.7. The van der Waals surface area contributed by atoms with E-state index in [1.165, 1.54) is 27.0 Å². The van der Waals surface area contributed by atoms with Crippen LogP contribution in [-0.2, 0) is 0 Å². The summed E-state index contributed by atoms with van der Waals surface area (Å²) in [6, 6.07) is 11.2. The van der Waals surface area contributed by atoms with Crippen LogP contribution in [0.15, 0.2) is 36.4 Å². The van der Waals surface area contributed by atoms with Crippen LogP contribution in [0, 0.1) is 0 Å². The summed E-state index contributed by atoms with van der Waals surface area (Å²) in [5, 5.41) is 2.92. The Labute approximate surface area is 165 Å². The molecule has 0 bridgehead atoms. The van der Waals surface area contributed by atoms with Gasteiger partial charge < -0.3 is 29.3 Å². The highest BCUT2D eigenvalue weighted by Gasteiger charge is 2.18. The number of rotatable bonds is 6. The first-order chi connectivity index (χ1) is 13.5. The van der Waals surface area contributed by atoms with E-state index in [2.05, 4.69) is 22.2 Å². The lowest BCUT2D eigenvalue weighted by molar-refractivity contribution is 0.102. The number of nitrogens with zero attached hydrogens (tertiary/aromatic N) is 2. The van der Waals surface area contributed by atoms with Crippen LogP contribution in [0.1, 0.15) is 10.4 Å². The first-order valence-electron chi connectivity index (χ1n) is 9.20. The SMILES string of the molecule is COc1cc(C(=O)Nc2ccc(N3CCN(C)CC3)cc2)cc(OC)c1OC. The monoisotopic (exact) mass is 385 g/mol. The number of anilines is 2. The molecule has 1 saturated heterocycles. The first kappa shape index (κ1) is 19.8. The molecule has 3 rings (SSSR count). The van der Waals surface area contributed by atoms with Gasteiger partial charge in [-0.1, -0.05) is 0 Å². The Balaban J connectivity index is 1.72. The highest BCUT2D eigenvalue weighted by atomic mass is 16.5. The van der Waals surface area contributed by atoms with Crippen molar-refractivity contribution in [2.75, 3.05) is 64.8 Å². The van der Waals surface area contributed by atoms with Gasteiger partial charge in [0, 0.05) is 43.1 Å². The topological polar surface area (TPSA) is 63.3 Å². The van der Waals surface area contributed by atoms with Gasteiger partial charge in [-0.15, -0.1) is 0 Å². The molecule has 0 radical (unpaired) electrons. The lowest BCUT2D eigenvalue weighted by atomic mass is 10.1. The molecule has 1 amide bonds. The minimum atomic E-state index is -0.244. The van der Waals surface area contributed by atoms with Gasteiger partial charge >= 0.3 is 0 Å². The van der Waals surface area contributed by atoms with Crippen molar-refractivity contribution in [2.24, 2.45) is 0 Å². The third-order valence-corrected chi connectivity index (χ3v) is 4.92. The number of carbonyl (C=O) groups excluding carboxylic acids is 1. The predicted octanol–water partition coefficient (Wildman–Crippen LogP) is 2.72. The van der Waals surface area contributed by atoms with Gasteiger partial charge in [0.15, 0.2) is 11.5 Å².